The van der Waals surface area contributed by atoms with E-state index in [0.29, 0.717) is 23.0 Å². The first kappa shape index (κ1) is 20.5. The molecule has 0 saturated heterocycles. The summed E-state index contributed by atoms with van der Waals surface area (Å²) in [5.41, 5.74) is 3.19. The van der Waals surface area contributed by atoms with Crippen molar-refractivity contribution in [2.45, 2.75) is 67.8 Å². The molecule has 1 spiro atoms. The summed E-state index contributed by atoms with van der Waals surface area (Å²) in [5.74, 6) is 3.22. The topological polar surface area (TPSA) is 29.4 Å². The highest BCUT2D eigenvalue weighted by Gasteiger charge is 2.98. The van der Waals surface area contributed by atoms with Crippen LogP contribution in [-0.2, 0) is 16.0 Å². The van der Waals surface area contributed by atoms with E-state index < -0.39 is 0 Å². The van der Waals surface area contributed by atoms with E-state index in [4.69, 9.17) is 0 Å². The Morgan fingerprint density at radius 2 is 1.64 bits per heavy atom. The summed E-state index contributed by atoms with van der Waals surface area (Å²) < 4.78 is 0. The average Bonchev–Trinajstić information content (AvgIpc) is 2.83. The molecule has 0 aromatic heterocycles. The summed E-state index contributed by atoms with van der Waals surface area (Å²) in [6.45, 7) is 0. The number of hydrogen-bond acceptors (Lipinski definition) is 2. The van der Waals surface area contributed by atoms with Crippen LogP contribution >= 0.6 is 11.8 Å². The molecule has 7 rings (SSSR count). The van der Waals surface area contributed by atoms with Gasteiger partial charge in [0.1, 0.15) is 0 Å². The van der Waals surface area contributed by atoms with E-state index in [0.717, 1.165) is 18.6 Å². The van der Waals surface area contributed by atoms with Gasteiger partial charge in [-0.05, 0) is 61.0 Å². The molecule has 5 aliphatic carbocycles. The molecule has 6 unspecified atom stereocenters. The molecular formula is C30H33NOS. The van der Waals surface area contributed by atoms with Crippen molar-refractivity contribution in [3.63, 3.8) is 0 Å². The molecule has 3 heteroatoms. The van der Waals surface area contributed by atoms with Gasteiger partial charge in [-0.1, -0.05) is 79.9 Å². The highest BCUT2D eigenvalue weighted by Crippen LogP contribution is 2.98. The molecule has 2 aromatic carbocycles. The second kappa shape index (κ2) is 7.31. The Morgan fingerprint density at radius 3 is 2.36 bits per heavy atom. The van der Waals surface area contributed by atoms with Crippen molar-refractivity contribution in [3.05, 3.63) is 71.8 Å². The molecule has 5 aliphatic rings. The van der Waals surface area contributed by atoms with Crippen molar-refractivity contribution in [1.29, 1.82) is 0 Å². The van der Waals surface area contributed by atoms with E-state index in [1.54, 1.807) is 0 Å². The van der Waals surface area contributed by atoms with Gasteiger partial charge < -0.3 is 0 Å². The highest BCUT2D eigenvalue weighted by molar-refractivity contribution is 7.99. The first-order valence-corrected chi connectivity index (χ1v) is 14.1. The largest absolute Gasteiger partial charge is 0.272 e. The summed E-state index contributed by atoms with van der Waals surface area (Å²) >= 11 is 2.15. The fraction of sp³-hybridized carbons (Fsp3) is 0.533. The molecule has 6 atom stereocenters. The van der Waals surface area contributed by atoms with Gasteiger partial charge in [-0.15, -0.1) is 0 Å². The zero-order chi connectivity index (χ0) is 22.1. The summed E-state index contributed by atoms with van der Waals surface area (Å²) in [7, 11) is 0. The second-order valence-electron chi connectivity index (χ2n) is 11.4. The molecule has 33 heavy (non-hydrogen) atoms. The van der Waals surface area contributed by atoms with Crippen molar-refractivity contribution in [3.8, 4) is 0 Å². The minimum atomic E-state index is -0.161. The Morgan fingerprint density at radius 1 is 0.939 bits per heavy atom. The lowest BCUT2D eigenvalue weighted by molar-refractivity contribution is -0.424. The lowest BCUT2D eigenvalue weighted by Crippen LogP contribution is -2.96. The standard InChI is InChI=1S/C30H33NOS/c32-27(31-18-21-10-4-1-5-11-21)29-17-25-26(33-19-22-12-6-2-7-13-22)24-16-28(20-29,30(24,25)29)23-14-8-3-9-15-23/h2-3,6-9,12-15,18,21,24-26H,1,4-5,10-11,16-17,19-20H2. The first-order chi connectivity index (χ1) is 16.2. The number of hydrogen-bond donors (Lipinski definition) is 0. The van der Waals surface area contributed by atoms with Gasteiger partial charge >= 0.3 is 0 Å². The van der Waals surface area contributed by atoms with Crippen LogP contribution < -0.4 is 0 Å². The monoisotopic (exact) mass is 455 g/mol. The van der Waals surface area contributed by atoms with Gasteiger partial charge in [0, 0.05) is 28.0 Å². The minimum absolute atomic E-state index is 0.161. The summed E-state index contributed by atoms with van der Waals surface area (Å²) in [5, 5.41) is 0.714. The van der Waals surface area contributed by atoms with Gasteiger partial charge in [-0.2, -0.15) is 11.8 Å². The van der Waals surface area contributed by atoms with Crippen molar-refractivity contribution in [2.75, 3.05) is 0 Å². The smallest absolute Gasteiger partial charge is 0.252 e. The van der Waals surface area contributed by atoms with Crippen molar-refractivity contribution in [1.82, 2.24) is 0 Å². The van der Waals surface area contributed by atoms with Crippen LogP contribution in [0.2, 0.25) is 0 Å². The Kier molecular flexibility index (Phi) is 4.54. The third kappa shape index (κ3) is 2.48. The third-order valence-corrected chi connectivity index (χ3v) is 11.9. The zero-order valence-corrected chi connectivity index (χ0v) is 20.1. The van der Waals surface area contributed by atoms with Gasteiger partial charge in [-0.25, -0.2) is 4.99 Å². The summed E-state index contributed by atoms with van der Waals surface area (Å²) in [6.07, 6.45) is 11.8. The Labute approximate surface area is 201 Å². The number of carbonyl (C=O) groups is 1. The molecule has 2 aromatic rings. The Bertz CT molecular complexity index is 1080. The zero-order valence-electron chi connectivity index (χ0n) is 19.3. The highest BCUT2D eigenvalue weighted by atomic mass is 32.2. The van der Waals surface area contributed by atoms with Crippen LogP contribution in [0.25, 0.3) is 0 Å². The number of aliphatic imine (C=N–C) groups is 1. The van der Waals surface area contributed by atoms with Crippen LogP contribution in [0.5, 0.6) is 0 Å². The third-order valence-electron chi connectivity index (χ3n) is 10.4. The maximum absolute atomic E-state index is 13.7. The van der Waals surface area contributed by atoms with Crippen LogP contribution in [0, 0.1) is 28.6 Å². The fourth-order valence-electron chi connectivity index (χ4n) is 9.19. The van der Waals surface area contributed by atoms with Gasteiger partial charge in [-0.3, -0.25) is 4.79 Å². The van der Waals surface area contributed by atoms with Gasteiger partial charge in [0.2, 0.25) is 0 Å². The number of amides is 1. The van der Waals surface area contributed by atoms with Crippen LogP contribution in [-0.4, -0.2) is 17.4 Å². The fourth-order valence-corrected chi connectivity index (χ4v) is 10.9. The van der Waals surface area contributed by atoms with Crippen LogP contribution in [0.4, 0.5) is 0 Å². The molecule has 0 heterocycles. The lowest BCUT2D eigenvalue weighted by atomic mass is 9.07. The van der Waals surface area contributed by atoms with Crippen molar-refractivity contribution < 1.29 is 4.79 Å². The van der Waals surface area contributed by atoms with Crippen LogP contribution in [0.3, 0.4) is 0 Å². The number of carbonyl (C=O) groups excluding carboxylic acids is 1. The van der Waals surface area contributed by atoms with E-state index in [1.807, 2.05) is 0 Å². The normalized spacial score (nSPS) is 40.5. The van der Waals surface area contributed by atoms with Crippen LogP contribution in [0.15, 0.2) is 65.7 Å². The molecule has 0 radical (unpaired) electrons. The summed E-state index contributed by atoms with van der Waals surface area (Å²) in [4.78, 5) is 18.3. The van der Waals surface area contributed by atoms with Crippen molar-refractivity contribution >= 4 is 23.9 Å². The number of rotatable bonds is 6. The summed E-state index contributed by atoms with van der Waals surface area (Å²) in [6, 6.07) is 22.0. The van der Waals surface area contributed by atoms with Gasteiger partial charge in [0.15, 0.2) is 0 Å². The average molecular weight is 456 g/mol. The molecule has 170 valence electrons. The SMILES string of the molecule is O=C(N=CC1CCCCC1)C12CC3C(SCc4ccccc4)C4CC(c5ccccc5)(C1)C342. The molecule has 5 saturated carbocycles. The molecule has 1 amide bonds. The van der Waals surface area contributed by atoms with E-state index in [1.165, 1.54) is 49.7 Å². The minimum Gasteiger partial charge on any atom is -0.272 e. The van der Waals surface area contributed by atoms with E-state index in [2.05, 4.69) is 83.6 Å². The van der Waals surface area contributed by atoms with E-state index in [9.17, 15) is 4.79 Å². The lowest BCUT2D eigenvalue weighted by Gasteiger charge is -2.96. The van der Waals surface area contributed by atoms with Crippen molar-refractivity contribution in [2.24, 2.45) is 33.6 Å². The van der Waals surface area contributed by atoms with Gasteiger partial charge in [0.25, 0.3) is 5.91 Å². The predicted octanol–water partition coefficient (Wildman–Crippen LogP) is 6.83. The van der Waals surface area contributed by atoms with Gasteiger partial charge in [0.05, 0.1) is 5.41 Å². The quantitative estimate of drug-likeness (QED) is 0.447. The molecule has 0 bridgehead atoms. The molecule has 2 nitrogen and oxygen atoms in total. The molecule has 0 aliphatic heterocycles. The Balaban J connectivity index is 1.14. The maximum atomic E-state index is 13.7. The molecular weight excluding hydrogens is 422 g/mol. The maximum Gasteiger partial charge on any atom is 0.252 e. The first-order valence-electron chi connectivity index (χ1n) is 13.0. The number of benzene rings is 2. The Hall–Kier alpha value is -1.87. The predicted molar refractivity (Wildman–Crippen MR) is 135 cm³/mol. The number of thioether (sulfide) groups is 1. The van der Waals surface area contributed by atoms with Crippen LogP contribution in [0.1, 0.15) is 62.5 Å². The second-order valence-corrected chi connectivity index (χ2v) is 12.6. The van der Waals surface area contributed by atoms with E-state index in [-0.39, 0.29) is 22.2 Å². The molecule has 0 N–H and O–H groups in total. The van der Waals surface area contributed by atoms with E-state index >= 15 is 0 Å². The molecule has 5 fully saturated rings. The number of nitrogens with zero attached hydrogens (tertiary/aromatic N) is 1.